The van der Waals surface area contributed by atoms with Gasteiger partial charge in [0.05, 0.1) is 37.4 Å². The standard InChI is InChI=1S/C27H33NO11/c1-5-28(3)18-12-14-6-7-15(36-4)23-22(14)26(2)24(39-23)16(10-11-27(18,26)35)37-20(31)8-9-21(32)38-17(25(33)34)13-19(29)30/h6-7,10,17-18,24,35H,5,8-9,11-13H2,1-4H3,(H,29,30)(H,33,34)/t17-,18-,24+,26+,27-/m1/s1. The van der Waals surface area contributed by atoms with Crippen LogP contribution in [-0.4, -0.2) is 88.6 Å². The van der Waals surface area contributed by atoms with E-state index >= 15 is 0 Å². The number of likely N-dealkylation sites (N-methyl/N-ethyl adjacent to an activating group) is 1. The number of benzene rings is 1. The third kappa shape index (κ3) is 4.71. The van der Waals surface area contributed by atoms with Gasteiger partial charge >= 0.3 is 23.9 Å². The van der Waals surface area contributed by atoms with Crippen LogP contribution in [0.3, 0.4) is 0 Å². The maximum Gasteiger partial charge on any atom is 0.345 e. The second kappa shape index (κ2) is 10.5. The molecule has 0 bridgehead atoms. The smallest absolute Gasteiger partial charge is 0.345 e. The van der Waals surface area contributed by atoms with Crippen LogP contribution in [0.5, 0.6) is 11.5 Å². The minimum Gasteiger partial charge on any atom is -0.493 e. The van der Waals surface area contributed by atoms with Gasteiger partial charge in [0.25, 0.3) is 0 Å². The molecule has 2 aliphatic carbocycles. The first kappa shape index (κ1) is 28.4. The molecule has 0 unspecified atom stereocenters. The molecule has 39 heavy (non-hydrogen) atoms. The SMILES string of the molecule is CCN(C)[C@@H]1Cc2ccc(OC)c3c2[C@@]2(C)[C@@H](O3)C(OC(=O)CCC(=O)O[C@H](CC(=O)O)C(=O)O)=CC[C@@]12O. The summed E-state index contributed by atoms with van der Waals surface area (Å²) < 4.78 is 22.2. The summed E-state index contributed by atoms with van der Waals surface area (Å²) in [6.07, 6.45) is -2.14. The van der Waals surface area contributed by atoms with Crippen molar-refractivity contribution >= 4 is 23.9 Å². The molecule has 12 nitrogen and oxygen atoms in total. The Hall–Kier alpha value is -3.64. The molecule has 12 heteroatoms. The average molecular weight is 548 g/mol. The normalized spacial score (nSPS) is 27.1. The van der Waals surface area contributed by atoms with Crippen LogP contribution in [0, 0.1) is 0 Å². The molecule has 5 atom stereocenters. The van der Waals surface area contributed by atoms with E-state index in [4.69, 9.17) is 29.2 Å². The number of aliphatic carboxylic acids is 2. The molecule has 3 N–H and O–H groups in total. The molecule has 4 rings (SSSR count). The Kier molecular flexibility index (Phi) is 7.63. The molecule has 0 aromatic heterocycles. The zero-order valence-electron chi connectivity index (χ0n) is 22.3. The van der Waals surface area contributed by atoms with Crippen LogP contribution >= 0.6 is 0 Å². The van der Waals surface area contributed by atoms with Crippen molar-refractivity contribution in [3.05, 3.63) is 35.1 Å². The lowest BCUT2D eigenvalue weighted by atomic mass is 9.54. The third-order valence-electron chi connectivity index (χ3n) is 8.15. The van der Waals surface area contributed by atoms with E-state index in [1.807, 2.05) is 33.0 Å². The minimum atomic E-state index is -1.86. The van der Waals surface area contributed by atoms with Crippen LogP contribution in [0.4, 0.5) is 0 Å². The zero-order chi connectivity index (χ0) is 28.7. The van der Waals surface area contributed by atoms with Gasteiger partial charge in [-0.25, -0.2) is 4.79 Å². The lowest BCUT2D eigenvalue weighted by molar-refractivity contribution is -0.168. The molecule has 0 amide bonds. The molecule has 0 saturated heterocycles. The fourth-order valence-corrected chi connectivity index (χ4v) is 5.99. The van der Waals surface area contributed by atoms with Gasteiger partial charge < -0.3 is 39.2 Å². The third-order valence-corrected chi connectivity index (χ3v) is 8.15. The summed E-state index contributed by atoms with van der Waals surface area (Å²) >= 11 is 0. The van der Waals surface area contributed by atoms with Gasteiger partial charge in [-0.1, -0.05) is 13.0 Å². The Labute approximate surface area is 225 Å². The Morgan fingerprint density at radius 2 is 1.87 bits per heavy atom. The molecule has 0 radical (unpaired) electrons. The molecule has 0 fully saturated rings. The van der Waals surface area contributed by atoms with E-state index in [1.54, 1.807) is 6.08 Å². The topological polar surface area (TPSA) is 169 Å². The van der Waals surface area contributed by atoms with Crippen LogP contribution < -0.4 is 9.47 Å². The Bertz CT molecular complexity index is 1230. The van der Waals surface area contributed by atoms with Crippen molar-refractivity contribution in [3.63, 3.8) is 0 Å². The number of hydrogen-bond donors (Lipinski definition) is 3. The molecule has 1 aromatic carbocycles. The number of carboxylic acids is 2. The van der Waals surface area contributed by atoms with Gasteiger partial charge in [0.15, 0.2) is 17.6 Å². The number of aliphatic hydroxyl groups is 1. The number of rotatable bonds is 11. The quantitative estimate of drug-likeness (QED) is 0.341. The number of nitrogens with zero attached hydrogens (tertiary/aromatic N) is 1. The number of methoxy groups -OCH3 is 1. The van der Waals surface area contributed by atoms with Gasteiger partial charge in [-0.05, 0) is 44.6 Å². The van der Waals surface area contributed by atoms with Crippen molar-refractivity contribution in [2.24, 2.45) is 0 Å². The van der Waals surface area contributed by atoms with Crippen LogP contribution in [0.25, 0.3) is 0 Å². The largest absolute Gasteiger partial charge is 0.493 e. The predicted molar refractivity (Wildman–Crippen MR) is 133 cm³/mol. The molecular weight excluding hydrogens is 514 g/mol. The summed E-state index contributed by atoms with van der Waals surface area (Å²) in [5, 5.41) is 30.1. The Morgan fingerprint density at radius 1 is 1.18 bits per heavy atom. The molecule has 3 aliphatic rings. The van der Waals surface area contributed by atoms with E-state index in [1.165, 1.54) is 7.11 Å². The molecule has 212 valence electrons. The summed E-state index contributed by atoms with van der Waals surface area (Å²) in [4.78, 5) is 48.8. The summed E-state index contributed by atoms with van der Waals surface area (Å²) in [5.74, 6) is -3.70. The summed E-state index contributed by atoms with van der Waals surface area (Å²) in [6, 6.07) is 3.55. The van der Waals surface area contributed by atoms with Gasteiger partial charge in [0, 0.05) is 18.0 Å². The highest BCUT2D eigenvalue weighted by atomic mass is 16.6. The molecule has 1 aliphatic heterocycles. The predicted octanol–water partition coefficient (Wildman–Crippen LogP) is 1.40. The lowest BCUT2D eigenvalue weighted by Gasteiger charge is -2.56. The summed E-state index contributed by atoms with van der Waals surface area (Å²) in [6.45, 7) is 4.62. The molecule has 0 spiro atoms. The van der Waals surface area contributed by atoms with Crippen molar-refractivity contribution in [3.8, 4) is 11.5 Å². The van der Waals surface area contributed by atoms with Gasteiger partial charge in [0.1, 0.15) is 5.76 Å². The fraction of sp³-hybridized carbons (Fsp3) is 0.556. The van der Waals surface area contributed by atoms with Crippen LogP contribution in [0.1, 0.15) is 50.7 Å². The molecule has 0 saturated carbocycles. The number of esters is 2. The summed E-state index contributed by atoms with van der Waals surface area (Å²) in [5.41, 5.74) is -0.398. The molecule has 1 heterocycles. The van der Waals surface area contributed by atoms with E-state index in [0.29, 0.717) is 24.5 Å². The van der Waals surface area contributed by atoms with Crippen molar-refractivity contribution in [2.75, 3.05) is 20.7 Å². The summed E-state index contributed by atoms with van der Waals surface area (Å²) in [7, 11) is 3.48. The van der Waals surface area contributed by atoms with Gasteiger partial charge in [-0.2, -0.15) is 0 Å². The van der Waals surface area contributed by atoms with Crippen molar-refractivity contribution in [1.29, 1.82) is 0 Å². The number of hydrogen-bond acceptors (Lipinski definition) is 10. The van der Waals surface area contributed by atoms with E-state index in [0.717, 1.165) is 11.1 Å². The van der Waals surface area contributed by atoms with Crippen molar-refractivity contribution in [1.82, 2.24) is 4.90 Å². The first-order chi connectivity index (χ1) is 18.4. The highest BCUT2D eigenvalue weighted by molar-refractivity contribution is 5.84. The molecule has 1 aromatic rings. The van der Waals surface area contributed by atoms with Crippen LogP contribution in [0.15, 0.2) is 24.0 Å². The van der Waals surface area contributed by atoms with Gasteiger partial charge in [-0.3, -0.25) is 14.4 Å². The lowest BCUT2D eigenvalue weighted by Crippen LogP contribution is -2.69. The maximum atomic E-state index is 12.7. The van der Waals surface area contributed by atoms with Crippen molar-refractivity contribution < 1.29 is 53.4 Å². The van der Waals surface area contributed by atoms with Crippen LogP contribution in [-0.2, 0) is 40.5 Å². The highest BCUT2D eigenvalue weighted by Crippen LogP contribution is 2.62. The number of carbonyl (C=O) groups is 4. The van der Waals surface area contributed by atoms with E-state index < -0.39 is 66.4 Å². The fourth-order valence-electron chi connectivity index (χ4n) is 5.99. The average Bonchev–Trinajstić information content (AvgIpc) is 3.22. The van der Waals surface area contributed by atoms with E-state index in [9.17, 15) is 24.3 Å². The number of ether oxygens (including phenoxy) is 4. The first-order valence-corrected chi connectivity index (χ1v) is 12.7. The monoisotopic (exact) mass is 547 g/mol. The Morgan fingerprint density at radius 3 is 2.49 bits per heavy atom. The van der Waals surface area contributed by atoms with Gasteiger partial charge in [0.2, 0.25) is 6.10 Å². The number of carboxylic acid groups (broad SMARTS) is 2. The second-order valence-corrected chi connectivity index (χ2v) is 10.2. The van der Waals surface area contributed by atoms with Crippen LogP contribution in [0.2, 0.25) is 0 Å². The first-order valence-electron chi connectivity index (χ1n) is 12.7. The minimum absolute atomic E-state index is 0.189. The second-order valence-electron chi connectivity index (χ2n) is 10.2. The Balaban J connectivity index is 1.55. The zero-order valence-corrected chi connectivity index (χ0v) is 22.3. The van der Waals surface area contributed by atoms with E-state index in [-0.39, 0.29) is 18.2 Å². The molecular formula is C27H33NO11. The van der Waals surface area contributed by atoms with E-state index in [2.05, 4.69) is 4.90 Å². The van der Waals surface area contributed by atoms with Crippen molar-refractivity contribution in [2.45, 2.75) is 75.2 Å². The van der Waals surface area contributed by atoms with Gasteiger partial charge in [-0.15, -0.1) is 0 Å². The number of carbonyl (C=O) groups excluding carboxylic acids is 2. The maximum absolute atomic E-state index is 12.7. The highest BCUT2D eigenvalue weighted by Gasteiger charge is 2.68.